The van der Waals surface area contributed by atoms with Gasteiger partial charge in [-0.1, -0.05) is 48.5 Å². The third-order valence-electron chi connectivity index (χ3n) is 2.78. The van der Waals surface area contributed by atoms with Gasteiger partial charge in [0.2, 0.25) is 0 Å². The molecular weight excluding hydrogens is 224 g/mol. The Morgan fingerprint density at radius 3 is 2.28 bits per heavy atom. The van der Waals surface area contributed by atoms with Crippen LogP contribution in [-0.2, 0) is 4.74 Å². The van der Waals surface area contributed by atoms with E-state index in [4.69, 9.17) is 16.2 Å². The molecule has 0 aromatic heterocycles. The van der Waals surface area contributed by atoms with Crippen molar-refractivity contribution < 1.29 is 4.74 Å². The van der Waals surface area contributed by atoms with E-state index >= 15 is 0 Å². The largest absolute Gasteiger partial charge is 0.398 e. The first-order valence-corrected chi connectivity index (χ1v) is 6.04. The predicted molar refractivity (Wildman–Crippen MR) is 74.1 cm³/mol. The summed E-state index contributed by atoms with van der Waals surface area (Å²) >= 11 is 0. The number of para-hydroxylation sites is 1. The van der Waals surface area contributed by atoms with Crippen molar-refractivity contribution in [1.82, 2.24) is 0 Å². The van der Waals surface area contributed by atoms with Gasteiger partial charge in [0.25, 0.3) is 0 Å². The molecule has 18 heavy (non-hydrogen) atoms. The minimum absolute atomic E-state index is 0.157. The molecule has 0 aliphatic carbocycles. The summed E-state index contributed by atoms with van der Waals surface area (Å²) in [6.07, 6.45) is -0.157. The van der Waals surface area contributed by atoms with Crippen molar-refractivity contribution in [3.05, 3.63) is 65.7 Å². The van der Waals surface area contributed by atoms with E-state index < -0.39 is 0 Å². The minimum Gasteiger partial charge on any atom is -0.398 e. The van der Waals surface area contributed by atoms with Gasteiger partial charge in [-0.05, 0) is 11.6 Å². The van der Waals surface area contributed by atoms with Gasteiger partial charge in [0.15, 0.2) is 0 Å². The fourth-order valence-corrected chi connectivity index (χ4v) is 1.93. The highest BCUT2D eigenvalue weighted by molar-refractivity contribution is 5.50. The van der Waals surface area contributed by atoms with Gasteiger partial charge in [0, 0.05) is 17.8 Å². The zero-order chi connectivity index (χ0) is 12.8. The van der Waals surface area contributed by atoms with Crippen LogP contribution in [0.2, 0.25) is 0 Å². The van der Waals surface area contributed by atoms with Crippen molar-refractivity contribution in [2.45, 2.75) is 6.10 Å². The van der Waals surface area contributed by atoms with Crippen LogP contribution >= 0.6 is 0 Å². The second-order valence-electron chi connectivity index (χ2n) is 4.08. The van der Waals surface area contributed by atoms with E-state index in [-0.39, 0.29) is 6.10 Å². The molecule has 4 N–H and O–H groups in total. The molecule has 0 saturated heterocycles. The van der Waals surface area contributed by atoms with Gasteiger partial charge in [0.05, 0.1) is 6.61 Å². The molecule has 1 unspecified atom stereocenters. The monoisotopic (exact) mass is 242 g/mol. The number of nitrogens with two attached hydrogens (primary N) is 2. The quantitative estimate of drug-likeness (QED) is 0.791. The van der Waals surface area contributed by atoms with Crippen molar-refractivity contribution in [1.29, 1.82) is 0 Å². The van der Waals surface area contributed by atoms with Crippen LogP contribution in [0, 0.1) is 0 Å². The molecule has 0 aliphatic heterocycles. The fourth-order valence-electron chi connectivity index (χ4n) is 1.93. The lowest BCUT2D eigenvalue weighted by Crippen LogP contribution is -2.14. The summed E-state index contributed by atoms with van der Waals surface area (Å²) in [5.41, 5.74) is 14.3. The van der Waals surface area contributed by atoms with Crippen LogP contribution in [0.1, 0.15) is 17.2 Å². The molecule has 0 saturated carbocycles. The van der Waals surface area contributed by atoms with E-state index in [1.807, 2.05) is 54.6 Å². The molecule has 1 atom stereocenters. The molecule has 2 aromatic rings. The SMILES string of the molecule is NCCOC(c1ccccc1)c1ccccc1N. The number of hydrogen-bond donors (Lipinski definition) is 2. The maximum atomic E-state index is 6.02. The number of ether oxygens (including phenoxy) is 1. The van der Waals surface area contributed by atoms with Gasteiger partial charge in [-0.3, -0.25) is 0 Å². The van der Waals surface area contributed by atoms with Crippen LogP contribution in [-0.4, -0.2) is 13.2 Å². The topological polar surface area (TPSA) is 61.3 Å². The van der Waals surface area contributed by atoms with Crippen LogP contribution < -0.4 is 11.5 Å². The summed E-state index contributed by atoms with van der Waals surface area (Å²) in [6, 6.07) is 17.8. The lowest BCUT2D eigenvalue weighted by atomic mass is 10.00. The molecule has 0 heterocycles. The second-order valence-corrected chi connectivity index (χ2v) is 4.08. The summed E-state index contributed by atoms with van der Waals surface area (Å²) < 4.78 is 5.84. The molecule has 0 aliphatic rings. The van der Waals surface area contributed by atoms with Crippen molar-refractivity contribution in [2.75, 3.05) is 18.9 Å². The maximum Gasteiger partial charge on any atom is 0.110 e. The maximum absolute atomic E-state index is 6.02. The Bertz CT molecular complexity index is 485. The Balaban J connectivity index is 2.34. The second kappa shape index (κ2) is 6.19. The van der Waals surface area contributed by atoms with E-state index in [0.717, 1.165) is 16.8 Å². The summed E-state index contributed by atoms with van der Waals surface area (Å²) in [4.78, 5) is 0. The summed E-state index contributed by atoms with van der Waals surface area (Å²) in [5.74, 6) is 0. The first-order valence-electron chi connectivity index (χ1n) is 6.04. The van der Waals surface area contributed by atoms with Gasteiger partial charge in [-0.15, -0.1) is 0 Å². The fraction of sp³-hybridized carbons (Fsp3) is 0.200. The zero-order valence-corrected chi connectivity index (χ0v) is 10.3. The Kier molecular flexibility index (Phi) is 4.34. The van der Waals surface area contributed by atoms with Gasteiger partial charge in [0.1, 0.15) is 6.10 Å². The average molecular weight is 242 g/mol. The molecule has 2 rings (SSSR count). The first kappa shape index (κ1) is 12.6. The molecule has 0 bridgehead atoms. The molecule has 0 spiro atoms. The number of hydrogen-bond acceptors (Lipinski definition) is 3. The van der Waals surface area contributed by atoms with Crippen molar-refractivity contribution in [3.63, 3.8) is 0 Å². The van der Waals surface area contributed by atoms with Crippen LogP contribution in [0.15, 0.2) is 54.6 Å². The Labute approximate surface area is 107 Å². The van der Waals surface area contributed by atoms with Gasteiger partial charge >= 0.3 is 0 Å². The van der Waals surface area contributed by atoms with Crippen LogP contribution in [0.4, 0.5) is 5.69 Å². The van der Waals surface area contributed by atoms with E-state index in [0.29, 0.717) is 13.2 Å². The highest BCUT2D eigenvalue weighted by Crippen LogP contribution is 2.29. The smallest absolute Gasteiger partial charge is 0.110 e. The van der Waals surface area contributed by atoms with E-state index in [1.54, 1.807) is 0 Å². The van der Waals surface area contributed by atoms with E-state index in [1.165, 1.54) is 0 Å². The summed E-state index contributed by atoms with van der Waals surface area (Å²) in [5, 5.41) is 0. The Hall–Kier alpha value is -1.84. The van der Waals surface area contributed by atoms with Crippen LogP contribution in [0.5, 0.6) is 0 Å². The summed E-state index contributed by atoms with van der Waals surface area (Å²) in [6.45, 7) is 1.00. The standard InChI is InChI=1S/C15H18N2O/c16-10-11-18-15(12-6-2-1-3-7-12)13-8-4-5-9-14(13)17/h1-9,15H,10-11,16-17H2. The summed E-state index contributed by atoms with van der Waals surface area (Å²) in [7, 11) is 0. The molecule has 0 radical (unpaired) electrons. The highest BCUT2D eigenvalue weighted by Gasteiger charge is 2.16. The third-order valence-corrected chi connectivity index (χ3v) is 2.78. The Morgan fingerprint density at radius 1 is 0.944 bits per heavy atom. The Morgan fingerprint density at radius 2 is 1.61 bits per heavy atom. The van der Waals surface area contributed by atoms with Crippen LogP contribution in [0.25, 0.3) is 0 Å². The third kappa shape index (κ3) is 2.88. The normalized spacial score (nSPS) is 12.3. The van der Waals surface area contributed by atoms with Crippen LogP contribution in [0.3, 0.4) is 0 Å². The number of rotatable bonds is 5. The molecule has 0 amide bonds. The van der Waals surface area contributed by atoms with Crippen molar-refractivity contribution >= 4 is 5.69 Å². The molecule has 2 aromatic carbocycles. The zero-order valence-electron chi connectivity index (χ0n) is 10.3. The average Bonchev–Trinajstić information content (AvgIpc) is 2.42. The van der Waals surface area contributed by atoms with Gasteiger partial charge < -0.3 is 16.2 Å². The van der Waals surface area contributed by atoms with Crippen molar-refractivity contribution in [2.24, 2.45) is 5.73 Å². The van der Waals surface area contributed by atoms with E-state index in [2.05, 4.69) is 0 Å². The molecule has 3 nitrogen and oxygen atoms in total. The molecule has 94 valence electrons. The molecular formula is C15H18N2O. The van der Waals surface area contributed by atoms with Crippen molar-refractivity contribution in [3.8, 4) is 0 Å². The number of benzene rings is 2. The molecule has 3 heteroatoms. The molecule has 0 fully saturated rings. The predicted octanol–water partition coefficient (Wildman–Crippen LogP) is 2.33. The van der Waals surface area contributed by atoms with Gasteiger partial charge in [-0.2, -0.15) is 0 Å². The minimum atomic E-state index is -0.157. The van der Waals surface area contributed by atoms with E-state index in [9.17, 15) is 0 Å². The van der Waals surface area contributed by atoms with Gasteiger partial charge in [-0.25, -0.2) is 0 Å². The first-order chi connectivity index (χ1) is 8.83. The number of nitrogen functional groups attached to an aromatic ring is 1. The highest BCUT2D eigenvalue weighted by atomic mass is 16.5. The number of anilines is 1. The lowest BCUT2D eigenvalue weighted by Gasteiger charge is -2.20. The lowest BCUT2D eigenvalue weighted by molar-refractivity contribution is 0.0869.